The van der Waals surface area contributed by atoms with Crippen molar-refractivity contribution >= 4 is 70.9 Å². The molecule has 5 N–H and O–H groups in total. The average Bonchev–Trinajstić information content (AvgIpc) is 0.806. The van der Waals surface area contributed by atoms with Crippen LogP contribution in [0.2, 0.25) is 0 Å². The van der Waals surface area contributed by atoms with Gasteiger partial charge in [-0.3, -0.25) is 57.5 Å². The van der Waals surface area contributed by atoms with Crippen LogP contribution in [0.15, 0.2) is 36.5 Å². The Kier molecular flexibility index (Phi) is 35.2. The number of nitrogens with one attached hydrogen (secondary N) is 4. The van der Waals surface area contributed by atoms with Crippen molar-refractivity contribution in [2.75, 3.05) is 49.3 Å². The molecule has 100 heavy (non-hydrogen) atoms. The molecule has 25 heteroatoms. The van der Waals surface area contributed by atoms with Crippen molar-refractivity contribution in [3.63, 3.8) is 0 Å². The zero-order chi connectivity index (χ0) is 77.1. The van der Waals surface area contributed by atoms with E-state index in [0.717, 1.165) is 20.3 Å². The van der Waals surface area contributed by atoms with Gasteiger partial charge in [-0.1, -0.05) is 116 Å². The summed E-state index contributed by atoms with van der Waals surface area (Å²) in [7, 11) is 9.74. The van der Waals surface area contributed by atoms with Gasteiger partial charge in [-0.15, -0.1) is 0 Å². The zero-order valence-corrected chi connectivity index (χ0v) is 65.6. The highest BCUT2D eigenvalue weighted by Gasteiger charge is 2.46. The lowest BCUT2D eigenvalue weighted by atomic mass is 9.89. The summed E-state index contributed by atoms with van der Waals surface area (Å²) < 4.78 is 0. The van der Waals surface area contributed by atoms with Crippen molar-refractivity contribution in [2.45, 2.75) is 268 Å². The molecule has 0 bridgehead atoms. The highest BCUT2D eigenvalue weighted by Crippen LogP contribution is 2.27. The first-order chi connectivity index (χ1) is 46.2. The van der Waals surface area contributed by atoms with Crippen molar-refractivity contribution in [1.29, 1.82) is 0 Å². The average molecular weight is 1410 g/mol. The van der Waals surface area contributed by atoms with Crippen molar-refractivity contribution in [2.24, 2.45) is 41.4 Å². The summed E-state index contributed by atoms with van der Waals surface area (Å²) in [6, 6.07) is -5.66. The second kappa shape index (κ2) is 39.7. The molecular weight excluding hydrogens is 1280 g/mol. The van der Waals surface area contributed by atoms with Crippen LogP contribution in [-0.2, 0) is 59.2 Å². The molecule has 12 atom stereocenters. The minimum atomic E-state index is -1.71. The van der Waals surface area contributed by atoms with E-state index in [2.05, 4.69) is 27.8 Å². The second-order valence-corrected chi connectivity index (χ2v) is 30.8. The van der Waals surface area contributed by atoms with Crippen LogP contribution in [0.25, 0.3) is 0 Å². The fourth-order valence-corrected chi connectivity index (χ4v) is 13.1. The van der Waals surface area contributed by atoms with E-state index >= 15 is 19.2 Å². The minimum absolute atomic E-state index is 0.0420. The van der Waals surface area contributed by atoms with Crippen LogP contribution in [0.1, 0.15) is 199 Å². The molecule has 0 spiro atoms. The number of aliphatic hydroxyl groups excluding tert-OH is 1. The van der Waals surface area contributed by atoms with Crippen LogP contribution in [0.3, 0.4) is 0 Å². The lowest BCUT2D eigenvalue weighted by Crippen LogP contribution is -2.63. The van der Waals surface area contributed by atoms with E-state index in [4.69, 9.17) is 0 Å². The summed E-state index contributed by atoms with van der Waals surface area (Å²) in [6.07, 6.45) is 0.0951. The molecule has 0 aliphatic carbocycles. The quantitative estimate of drug-likeness (QED) is 0.0924. The van der Waals surface area contributed by atoms with E-state index < -0.39 is 149 Å². The number of carbonyl (C=O) groups excluding carboxylic acids is 12. The van der Waals surface area contributed by atoms with E-state index in [1.165, 1.54) is 82.8 Å². The summed E-state index contributed by atoms with van der Waals surface area (Å²) in [5.41, 5.74) is 1.02. The lowest BCUT2D eigenvalue weighted by molar-refractivity contribution is -0.157. The standard InChI is InChI=1S/C75H128N12O13/c1-29-55-71(96)80(22)52(21)69(94)81(23)57(37-42(4)5)66(91)79-60(45(10)11)74(99)82(24)56(36-41(2)3)65(90)76-50(19)64(89)77-51(20)68(93)83(25)58(38-43(6)7)72(97)84(26)59(39-44(8)9)73(98)85(27)61(46(12)13)75(100)86(28)62(67(92)78-55)63(88)49(18)32-30-33-53-34-31-35-54(40-53)70(95)87(47(14)15)48(16)17/h31,34-35,40-51,55-63,88H,21,29-30,32-33,36-39H2,1-20,22-28H3,(H,76,90)(H,77,89)(H,78,92)(H,79,91)/t49-,50+,51-,55+,56+,57+,58+,59+,60+,61+,62+,63-/m1/s1. The van der Waals surface area contributed by atoms with Gasteiger partial charge in [0, 0.05) is 67.0 Å². The molecule has 1 aromatic carbocycles. The number of aliphatic hydroxyl groups is 1. The number of carbonyl (C=O) groups is 12. The predicted molar refractivity (Wildman–Crippen MR) is 389 cm³/mol. The summed E-state index contributed by atoms with van der Waals surface area (Å²) in [6.45, 7) is 39.8. The van der Waals surface area contributed by atoms with Crippen molar-refractivity contribution in [3.05, 3.63) is 47.7 Å². The lowest BCUT2D eigenvalue weighted by Gasteiger charge is -2.41. The maximum Gasteiger partial charge on any atom is 0.270 e. The van der Waals surface area contributed by atoms with Crippen molar-refractivity contribution < 1.29 is 62.6 Å². The molecule has 1 saturated heterocycles. The first-order valence-corrected chi connectivity index (χ1v) is 36.1. The maximum absolute atomic E-state index is 15.5. The van der Waals surface area contributed by atoms with Gasteiger partial charge in [-0.05, 0) is 152 Å². The Labute approximate surface area is 598 Å². The predicted octanol–water partition coefficient (Wildman–Crippen LogP) is 6.10. The second-order valence-electron chi connectivity index (χ2n) is 30.8. The van der Waals surface area contributed by atoms with E-state index in [1.54, 1.807) is 47.6 Å². The van der Waals surface area contributed by atoms with Gasteiger partial charge in [0.2, 0.25) is 59.1 Å². The maximum atomic E-state index is 15.5. The molecule has 1 aromatic rings. The van der Waals surface area contributed by atoms with E-state index in [-0.39, 0.29) is 79.5 Å². The van der Waals surface area contributed by atoms with E-state index in [1.807, 2.05) is 106 Å². The summed E-state index contributed by atoms with van der Waals surface area (Å²) in [5.74, 6) is -10.8. The number of likely N-dealkylation sites (N-methyl/N-ethyl adjacent to an activating group) is 7. The number of hydrogen-bond acceptors (Lipinski definition) is 13. The molecule has 0 aromatic heterocycles. The third-order valence-electron chi connectivity index (χ3n) is 19.1. The van der Waals surface area contributed by atoms with Crippen molar-refractivity contribution in [3.8, 4) is 0 Å². The van der Waals surface area contributed by atoms with E-state index in [0.29, 0.717) is 24.8 Å². The molecule has 566 valence electrons. The minimum Gasteiger partial charge on any atom is -0.390 e. The van der Waals surface area contributed by atoms with Gasteiger partial charge in [-0.25, -0.2) is 0 Å². The number of amides is 12. The van der Waals surface area contributed by atoms with Gasteiger partial charge in [0.25, 0.3) is 11.8 Å². The van der Waals surface area contributed by atoms with Crippen LogP contribution in [-0.4, -0.2) is 243 Å². The number of nitrogens with zero attached hydrogens (tertiary/aromatic N) is 8. The van der Waals surface area contributed by atoms with E-state index in [9.17, 15) is 43.5 Å². The Morgan fingerprint density at radius 3 is 1.41 bits per heavy atom. The topological polar surface area (TPSA) is 299 Å². The molecular formula is C75H128N12O13. The van der Waals surface area contributed by atoms with Gasteiger partial charge in [0.15, 0.2) is 0 Å². The Morgan fingerprint density at radius 1 is 0.500 bits per heavy atom. The van der Waals surface area contributed by atoms with Gasteiger partial charge in [0.05, 0.1) is 6.10 Å². The van der Waals surface area contributed by atoms with Gasteiger partial charge < -0.3 is 65.6 Å². The van der Waals surface area contributed by atoms with Gasteiger partial charge in [-0.2, -0.15) is 0 Å². The Bertz CT molecular complexity index is 2990. The first kappa shape index (κ1) is 88.6. The Balaban J connectivity index is 3.03. The SMILES string of the molecule is C=C1C(=O)N(C)[C@@H](CC(C)C)C(=O)N[C@@H](C(C)C)C(=O)N(C)[C@@H](CC(C)C)C(=O)N[C@@H](C)C(=O)N[C@H](C)C(=O)N(C)[C@@H](CC(C)C)C(=O)N(C)[C@@H](CC(C)C)C(=O)N(C)[C@@H](C(C)C)C(=O)N(C)[C@@H]([C@H](O)[C@H](C)CCCc2cccc(C(=O)N(C(C)C)C(C)C)c2)C(=O)N[C@@H](CC)C(=O)N1C. The number of rotatable bonds is 20. The fourth-order valence-electron chi connectivity index (χ4n) is 13.1. The zero-order valence-electron chi connectivity index (χ0n) is 65.6. The number of hydrogen-bond donors (Lipinski definition) is 5. The monoisotopic (exact) mass is 1400 g/mol. The largest absolute Gasteiger partial charge is 0.390 e. The Morgan fingerprint density at radius 2 is 0.940 bits per heavy atom. The molecule has 0 radical (unpaired) electrons. The smallest absolute Gasteiger partial charge is 0.270 e. The number of aryl methyl sites for hydroxylation is 1. The molecule has 25 nitrogen and oxygen atoms in total. The molecule has 12 amide bonds. The highest BCUT2D eigenvalue weighted by atomic mass is 16.3. The van der Waals surface area contributed by atoms with Gasteiger partial charge >= 0.3 is 0 Å². The van der Waals surface area contributed by atoms with Crippen LogP contribution >= 0.6 is 0 Å². The molecule has 1 aliphatic rings. The fraction of sp³-hybridized carbons (Fsp3) is 0.733. The summed E-state index contributed by atoms with van der Waals surface area (Å²) in [5, 5.41) is 23.7. The van der Waals surface area contributed by atoms with Crippen LogP contribution in [0.5, 0.6) is 0 Å². The van der Waals surface area contributed by atoms with Crippen molar-refractivity contribution in [1.82, 2.24) is 60.5 Å². The molecule has 1 fully saturated rings. The van der Waals surface area contributed by atoms with Crippen LogP contribution in [0.4, 0.5) is 0 Å². The molecule has 1 heterocycles. The summed E-state index contributed by atoms with van der Waals surface area (Å²) in [4.78, 5) is 187. The number of benzene rings is 1. The van der Waals surface area contributed by atoms with Crippen LogP contribution < -0.4 is 21.3 Å². The third kappa shape index (κ3) is 23.8. The normalized spacial score (nSPS) is 24.6. The van der Waals surface area contributed by atoms with Crippen LogP contribution in [0, 0.1) is 41.4 Å². The first-order valence-electron chi connectivity index (χ1n) is 36.1. The molecule has 0 unspecified atom stereocenters. The highest BCUT2D eigenvalue weighted by molar-refractivity contribution is 6.03. The Hall–Kier alpha value is -7.44. The molecule has 2 rings (SSSR count). The summed E-state index contributed by atoms with van der Waals surface area (Å²) >= 11 is 0. The molecule has 1 aliphatic heterocycles. The van der Waals surface area contributed by atoms with Gasteiger partial charge in [0.1, 0.15) is 66.1 Å². The third-order valence-corrected chi connectivity index (χ3v) is 19.1. The molecule has 0 saturated carbocycles.